The number of carbonyl (C=O) groups excluding carboxylic acids is 2. The number of imide groups is 1. The summed E-state index contributed by atoms with van der Waals surface area (Å²) in [6, 6.07) is 7.85. The quantitative estimate of drug-likeness (QED) is 0.405. The SMILES string of the molecule is C#CCN(C(=O)OC(C)C)C(=O)c1ccc(C2=NOC(c3cc(Cl)cc(Cl)c3)(C(F)(F)F)C2)cc1C. The summed E-state index contributed by atoms with van der Waals surface area (Å²) >= 11 is 11.9. The van der Waals surface area contributed by atoms with E-state index < -0.39 is 36.3 Å². The molecular weight excluding hydrogens is 520 g/mol. The second-order valence-electron chi connectivity index (χ2n) is 8.35. The average molecular weight is 541 g/mol. The number of nitrogens with zero attached hydrogens (tertiary/aromatic N) is 2. The number of alkyl halides is 3. The highest BCUT2D eigenvalue weighted by molar-refractivity contribution is 6.34. The van der Waals surface area contributed by atoms with Crippen LogP contribution >= 0.6 is 23.2 Å². The molecule has 0 aliphatic carbocycles. The second kappa shape index (κ2) is 10.4. The highest BCUT2D eigenvalue weighted by Crippen LogP contribution is 2.49. The van der Waals surface area contributed by atoms with E-state index in [0.29, 0.717) is 11.1 Å². The fourth-order valence-corrected chi connectivity index (χ4v) is 4.18. The van der Waals surface area contributed by atoms with Crippen LogP contribution in [0.5, 0.6) is 0 Å². The monoisotopic (exact) mass is 540 g/mol. The number of oxime groups is 1. The van der Waals surface area contributed by atoms with Gasteiger partial charge in [-0.05, 0) is 62.2 Å². The van der Waals surface area contributed by atoms with Gasteiger partial charge in [0.25, 0.3) is 11.5 Å². The lowest BCUT2D eigenvalue weighted by Gasteiger charge is -2.29. The number of amides is 2. The van der Waals surface area contributed by atoms with Gasteiger partial charge in [-0.3, -0.25) is 4.79 Å². The molecule has 2 aromatic carbocycles. The summed E-state index contributed by atoms with van der Waals surface area (Å²) in [5.41, 5.74) is -2.26. The predicted molar refractivity (Wildman–Crippen MR) is 129 cm³/mol. The Morgan fingerprint density at radius 3 is 2.39 bits per heavy atom. The van der Waals surface area contributed by atoms with Crippen molar-refractivity contribution < 1.29 is 32.3 Å². The van der Waals surface area contributed by atoms with Crippen molar-refractivity contribution >= 4 is 40.9 Å². The Labute approximate surface area is 215 Å². The molecule has 2 amide bonds. The number of terminal acetylenes is 1. The number of hydrogen-bond donors (Lipinski definition) is 0. The van der Waals surface area contributed by atoms with Gasteiger partial charge in [0, 0.05) is 27.6 Å². The Bertz CT molecular complexity index is 1250. The summed E-state index contributed by atoms with van der Waals surface area (Å²) in [5, 5.41) is 3.75. The standard InChI is InChI=1S/C25H21Cl2F3N2O4/c1-5-8-32(23(34)35-14(2)3)22(33)20-7-6-16(9-15(20)4)21-13-24(36-31-21,25(28,29)30)17-10-18(26)12-19(27)11-17/h1,6-7,9-12,14H,8,13H2,2-4H3. The lowest BCUT2D eigenvalue weighted by Crippen LogP contribution is -2.42. The molecular formula is C25H21Cl2F3N2O4. The molecule has 1 unspecified atom stereocenters. The number of carbonyl (C=O) groups is 2. The molecule has 1 aliphatic heterocycles. The molecule has 1 aliphatic rings. The van der Waals surface area contributed by atoms with E-state index in [9.17, 15) is 22.8 Å². The van der Waals surface area contributed by atoms with Crippen molar-refractivity contribution in [1.82, 2.24) is 4.90 Å². The van der Waals surface area contributed by atoms with Crippen molar-refractivity contribution in [1.29, 1.82) is 0 Å². The molecule has 36 heavy (non-hydrogen) atoms. The Hall–Kier alpha value is -3.22. The molecule has 0 aromatic heterocycles. The topological polar surface area (TPSA) is 68.2 Å². The fourth-order valence-electron chi connectivity index (χ4n) is 3.65. The van der Waals surface area contributed by atoms with Gasteiger partial charge in [-0.1, -0.05) is 40.3 Å². The third kappa shape index (κ3) is 5.45. The Morgan fingerprint density at radius 1 is 1.22 bits per heavy atom. The molecule has 190 valence electrons. The number of halogens is 5. The van der Waals surface area contributed by atoms with Gasteiger partial charge in [0.05, 0.1) is 18.4 Å². The van der Waals surface area contributed by atoms with Gasteiger partial charge < -0.3 is 9.57 Å². The van der Waals surface area contributed by atoms with Crippen LogP contribution in [0.25, 0.3) is 0 Å². The van der Waals surface area contributed by atoms with Gasteiger partial charge in [0.1, 0.15) is 0 Å². The summed E-state index contributed by atoms with van der Waals surface area (Å²) in [6.07, 6.45) is -1.57. The highest BCUT2D eigenvalue weighted by atomic mass is 35.5. The van der Waals surface area contributed by atoms with Crippen molar-refractivity contribution in [3.05, 3.63) is 68.7 Å². The van der Waals surface area contributed by atoms with Gasteiger partial charge in [0.2, 0.25) is 0 Å². The molecule has 11 heteroatoms. The molecule has 2 aromatic rings. The lowest BCUT2D eigenvalue weighted by atomic mass is 9.86. The van der Waals surface area contributed by atoms with Gasteiger partial charge in [0.15, 0.2) is 0 Å². The van der Waals surface area contributed by atoms with Gasteiger partial charge in [-0.25, -0.2) is 9.69 Å². The van der Waals surface area contributed by atoms with E-state index in [1.807, 2.05) is 0 Å². The van der Waals surface area contributed by atoms with Crippen molar-refractivity contribution in [2.45, 2.75) is 45.1 Å². The molecule has 0 radical (unpaired) electrons. The first-order chi connectivity index (χ1) is 16.8. The van der Waals surface area contributed by atoms with Crippen LogP contribution in [0.2, 0.25) is 10.0 Å². The number of rotatable bonds is 5. The third-order valence-corrected chi connectivity index (χ3v) is 5.79. The Morgan fingerprint density at radius 2 is 1.86 bits per heavy atom. The summed E-state index contributed by atoms with van der Waals surface area (Å²) < 4.78 is 47.8. The first-order valence-electron chi connectivity index (χ1n) is 10.6. The number of aryl methyl sites for hydroxylation is 1. The van der Waals surface area contributed by atoms with Crippen molar-refractivity contribution in [2.24, 2.45) is 5.16 Å². The summed E-state index contributed by atoms with van der Waals surface area (Å²) in [5.74, 6) is 1.53. The highest BCUT2D eigenvalue weighted by Gasteiger charge is 2.62. The van der Waals surface area contributed by atoms with Crippen LogP contribution in [0.1, 0.15) is 47.3 Å². The number of ether oxygens (including phenoxy) is 1. The van der Waals surface area contributed by atoms with Crippen LogP contribution in [0.4, 0.5) is 18.0 Å². The van der Waals surface area contributed by atoms with Crippen molar-refractivity contribution in [2.75, 3.05) is 6.54 Å². The van der Waals surface area contributed by atoms with Crippen molar-refractivity contribution in [3.8, 4) is 12.3 Å². The zero-order valence-electron chi connectivity index (χ0n) is 19.5. The maximum atomic E-state index is 14.2. The van der Waals surface area contributed by atoms with Crippen LogP contribution in [0, 0.1) is 19.3 Å². The van der Waals surface area contributed by atoms with Crippen LogP contribution in [0.3, 0.4) is 0 Å². The molecule has 6 nitrogen and oxygen atoms in total. The predicted octanol–water partition coefficient (Wildman–Crippen LogP) is 6.50. The molecule has 1 atom stereocenters. The lowest BCUT2D eigenvalue weighted by molar-refractivity contribution is -0.275. The maximum absolute atomic E-state index is 14.2. The smallest absolute Gasteiger partial charge is 0.435 e. The number of benzene rings is 2. The van der Waals surface area contributed by atoms with Crippen LogP contribution in [-0.4, -0.2) is 41.4 Å². The molecule has 0 saturated carbocycles. The second-order valence-corrected chi connectivity index (χ2v) is 9.22. The molecule has 0 fully saturated rings. The normalized spacial score (nSPS) is 17.3. The van der Waals surface area contributed by atoms with E-state index in [1.54, 1.807) is 20.8 Å². The molecule has 0 N–H and O–H groups in total. The Balaban J connectivity index is 1.92. The first-order valence-corrected chi connectivity index (χ1v) is 11.4. The van der Waals surface area contributed by atoms with E-state index in [-0.39, 0.29) is 33.4 Å². The fraction of sp³-hybridized carbons (Fsp3) is 0.320. The van der Waals surface area contributed by atoms with Gasteiger partial charge in [-0.15, -0.1) is 6.42 Å². The van der Waals surface area contributed by atoms with E-state index in [2.05, 4.69) is 11.1 Å². The van der Waals surface area contributed by atoms with E-state index in [0.717, 1.165) is 17.0 Å². The maximum Gasteiger partial charge on any atom is 0.435 e. The summed E-state index contributed by atoms with van der Waals surface area (Å²) in [6.45, 7) is 4.50. The first kappa shape index (κ1) is 27.4. The molecule has 0 bridgehead atoms. The largest absolute Gasteiger partial charge is 0.446 e. The van der Waals surface area contributed by atoms with Gasteiger partial charge in [-0.2, -0.15) is 13.2 Å². The van der Waals surface area contributed by atoms with Crippen molar-refractivity contribution in [3.63, 3.8) is 0 Å². The zero-order valence-corrected chi connectivity index (χ0v) is 21.0. The molecule has 3 rings (SSSR count). The minimum Gasteiger partial charge on any atom is -0.446 e. The van der Waals surface area contributed by atoms with E-state index in [4.69, 9.17) is 39.2 Å². The van der Waals surface area contributed by atoms with E-state index in [1.165, 1.54) is 24.3 Å². The third-order valence-electron chi connectivity index (χ3n) is 5.36. The average Bonchev–Trinajstić information content (AvgIpc) is 3.23. The molecule has 1 heterocycles. The minimum absolute atomic E-state index is 0.00483. The summed E-state index contributed by atoms with van der Waals surface area (Å²) in [4.78, 5) is 31.1. The minimum atomic E-state index is -4.84. The molecule has 0 spiro atoms. The Kier molecular flexibility index (Phi) is 7.91. The van der Waals surface area contributed by atoms with Crippen LogP contribution in [-0.2, 0) is 15.2 Å². The van der Waals surface area contributed by atoms with Crippen LogP contribution < -0.4 is 0 Å². The summed E-state index contributed by atoms with van der Waals surface area (Å²) in [7, 11) is 0. The molecule has 0 saturated heterocycles. The zero-order chi connectivity index (χ0) is 26.8. The van der Waals surface area contributed by atoms with E-state index >= 15 is 0 Å². The van der Waals surface area contributed by atoms with Gasteiger partial charge >= 0.3 is 12.3 Å². The van der Waals surface area contributed by atoms with Crippen LogP contribution in [0.15, 0.2) is 41.6 Å². The number of hydrogen-bond acceptors (Lipinski definition) is 5.